The first kappa shape index (κ1) is 21.6. The van der Waals surface area contributed by atoms with Crippen molar-refractivity contribution >= 4 is 29.5 Å². The van der Waals surface area contributed by atoms with Gasteiger partial charge in [0.25, 0.3) is 0 Å². The number of nitrogens with zero attached hydrogens (tertiary/aromatic N) is 2. The van der Waals surface area contributed by atoms with Crippen LogP contribution in [-0.4, -0.2) is 93.0 Å². The van der Waals surface area contributed by atoms with Gasteiger partial charge in [-0.1, -0.05) is 0 Å². The quantitative estimate of drug-likeness (QED) is 0.298. The van der Waals surface area contributed by atoms with Crippen LogP contribution in [0.3, 0.4) is 0 Å². The molecule has 12 heteroatoms. The Morgan fingerprint density at radius 1 is 1.00 bits per heavy atom. The van der Waals surface area contributed by atoms with Crippen molar-refractivity contribution in [1.82, 2.24) is 15.1 Å². The monoisotopic (exact) mass is 399 g/mol. The van der Waals surface area contributed by atoms with Crippen LogP contribution in [0.25, 0.3) is 0 Å². The number of rotatable bonds is 6. The first-order valence-corrected chi connectivity index (χ1v) is 8.83. The molecule has 7 N–H and O–H groups in total. The van der Waals surface area contributed by atoms with E-state index in [1.807, 2.05) is 0 Å². The van der Waals surface area contributed by atoms with Gasteiger partial charge in [0.05, 0.1) is 18.6 Å². The Morgan fingerprint density at radius 2 is 1.54 bits per heavy atom. The summed E-state index contributed by atoms with van der Waals surface area (Å²) in [7, 11) is 0. The molecule has 0 aliphatic carbocycles. The lowest BCUT2D eigenvalue weighted by Gasteiger charge is -2.29. The minimum atomic E-state index is -1.40. The number of nitrogens with one attached hydrogen (secondary N) is 1. The fourth-order valence-corrected chi connectivity index (χ4v) is 3.61. The van der Waals surface area contributed by atoms with Gasteiger partial charge in [-0.05, 0) is 0 Å². The molecule has 156 valence electrons. The molecule has 2 aliphatic heterocycles. The van der Waals surface area contributed by atoms with Crippen LogP contribution in [0.4, 0.5) is 0 Å². The largest absolute Gasteiger partial charge is 0.391 e. The van der Waals surface area contributed by atoms with Crippen molar-refractivity contribution in [3.63, 3.8) is 0 Å². The molecular weight excluding hydrogens is 374 g/mol. The van der Waals surface area contributed by atoms with Crippen molar-refractivity contribution in [3.8, 4) is 0 Å². The maximum Gasteiger partial charge on any atom is 0.246 e. The number of carbonyl (C=O) groups excluding carboxylic acids is 5. The number of carbonyl (C=O) groups is 5. The maximum atomic E-state index is 12.8. The molecular formula is C16H25N5O7. The molecule has 28 heavy (non-hydrogen) atoms. The van der Waals surface area contributed by atoms with Crippen LogP contribution in [0.2, 0.25) is 0 Å². The Morgan fingerprint density at radius 3 is 2.04 bits per heavy atom. The second kappa shape index (κ2) is 8.52. The van der Waals surface area contributed by atoms with E-state index in [1.165, 1.54) is 6.92 Å². The average molecular weight is 399 g/mol. The van der Waals surface area contributed by atoms with Crippen molar-refractivity contribution in [2.45, 2.75) is 56.5 Å². The SMILES string of the molecule is CC(=O)N1CC(O)CC1C(=O)NC(CC(N)=O)C(=O)N1CC(O)CC1C(N)=O. The molecule has 2 rings (SSSR count). The molecule has 0 saturated carbocycles. The van der Waals surface area contributed by atoms with Crippen LogP contribution < -0.4 is 16.8 Å². The number of β-amino-alcohol motifs (C(OH)–C–C–N with tert-alkyl or cyclic N) is 2. The lowest BCUT2D eigenvalue weighted by atomic mass is 10.1. The van der Waals surface area contributed by atoms with Crippen LogP contribution in [0, 0.1) is 0 Å². The summed E-state index contributed by atoms with van der Waals surface area (Å²) >= 11 is 0. The number of likely N-dealkylation sites (tertiary alicyclic amines) is 2. The molecule has 2 saturated heterocycles. The lowest BCUT2D eigenvalue weighted by molar-refractivity contribution is -0.143. The van der Waals surface area contributed by atoms with Crippen molar-refractivity contribution in [2.24, 2.45) is 11.5 Å². The summed E-state index contributed by atoms with van der Waals surface area (Å²) in [6.45, 7) is 1.04. The molecule has 5 amide bonds. The van der Waals surface area contributed by atoms with E-state index in [2.05, 4.69) is 5.32 Å². The summed E-state index contributed by atoms with van der Waals surface area (Å²) in [5, 5.41) is 21.9. The summed E-state index contributed by atoms with van der Waals surface area (Å²) in [6.07, 6.45) is -2.47. The first-order chi connectivity index (χ1) is 13.0. The molecule has 2 heterocycles. The predicted molar refractivity (Wildman–Crippen MR) is 92.9 cm³/mol. The Labute approximate surface area is 160 Å². The normalized spacial score (nSPS) is 28.1. The molecule has 2 fully saturated rings. The predicted octanol–water partition coefficient (Wildman–Crippen LogP) is -4.22. The van der Waals surface area contributed by atoms with Gasteiger partial charge in [-0.15, -0.1) is 0 Å². The molecule has 5 unspecified atom stereocenters. The zero-order valence-electron chi connectivity index (χ0n) is 15.4. The fourth-order valence-electron chi connectivity index (χ4n) is 3.61. The minimum absolute atomic E-state index is 0.0186. The second-order valence-corrected chi connectivity index (χ2v) is 7.11. The average Bonchev–Trinajstić information content (AvgIpc) is 3.16. The number of nitrogens with two attached hydrogens (primary N) is 2. The zero-order chi connectivity index (χ0) is 21.2. The molecule has 5 atom stereocenters. The van der Waals surface area contributed by atoms with Gasteiger partial charge < -0.3 is 36.8 Å². The van der Waals surface area contributed by atoms with Crippen molar-refractivity contribution in [2.75, 3.05) is 13.1 Å². The van der Waals surface area contributed by atoms with E-state index in [0.29, 0.717) is 0 Å². The Hall–Kier alpha value is -2.73. The summed E-state index contributed by atoms with van der Waals surface area (Å²) in [5.74, 6) is -3.65. The summed E-state index contributed by atoms with van der Waals surface area (Å²) in [5.41, 5.74) is 10.4. The van der Waals surface area contributed by atoms with Gasteiger partial charge in [-0.25, -0.2) is 0 Å². The second-order valence-electron chi connectivity index (χ2n) is 7.11. The van der Waals surface area contributed by atoms with Gasteiger partial charge in [0.1, 0.15) is 18.1 Å². The van der Waals surface area contributed by atoms with Gasteiger partial charge in [-0.3, -0.25) is 24.0 Å². The number of amides is 5. The van der Waals surface area contributed by atoms with Crippen LogP contribution in [0.5, 0.6) is 0 Å². The van der Waals surface area contributed by atoms with Crippen LogP contribution >= 0.6 is 0 Å². The number of hydrogen-bond donors (Lipinski definition) is 5. The molecule has 0 aromatic heterocycles. The third kappa shape index (κ3) is 4.75. The summed E-state index contributed by atoms with van der Waals surface area (Å²) in [6, 6.07) is -3.48. The van der Waals surface area contributed by atoms with Crippen molar-refractivity contribution < 1.29 is 34.2 Å². The smallest absolute Gasteiger partial charge is 0.246 e. The van der Waals surface area contributed by atoms with Gasteiger partial charge in [0.2, 0.25) is 29.5 Å². The van der Waals surface area contributed by atoms with Gasteiger partial charge >= 0.3 is 0 Å². The third-order valence-electron chi connectivity index (χ3n) is 4.90. The third-order valence-corrected chi connectivity index (χ3v) is 4.90. The van der Waals surface area contributed by atoms with E-state index in [9.17, 15) is 34.2 Å². The Bertz CT molecular complexity index is 684. The maximum absolute atomic E-state index is 12.8. The van der Waals surface area contributed by atoms with Crippen LogP contribution in [-0.2, 0) is 24.0 Å². The van der Waals surface area contributed by atoms with E-state index < -0.39 is 66.3 Å². The molecule has 12 nitrogen and oxygen atoms in total. The van der Waals surface area contributed by atoms with E-state index in [4.69, 9.17) is 11.5 Å². The number of aliphatic hydroxyl groups is 2. The highest BCUT2D eigenvalue weighted by molar-refractivity contribution is 5.96. The van der Waals surface area contributed by atoms with Crippen molar-refractivity contribution in [1.29, 1.82) is 0 Å². The topological polar surface area (TPSA) is 196 Å². The number of hydrogen-bond acceptors (Lipinski definition) is 7. The Balaban J connectivity index is 2.18. The highest BCUT2D eigenvalue weighted by atomic mass is 16.3. The number of primary amides is 2. The van der Waals surface area contributed by atoms with Gasteiger partial charge in [0, 0.05) is 32.9 Å². The molecule has 0 bridgehead atoms. The van der Waals surface area contributed by atoms with Crippen LogP contribution in [0.15, 0.2) is 0 Å². The standard InChI is InChI=1S/C16H25N5O7/c1-7(22)20-5-9(24)3-12(20)15(27)19-10(4-13(17)25)16(28)21-6-8(23)2-11(21)14(18)26/h8-12,23-24H,2-6H2,1H3,(H2,17,25)(H2,18,26)(H,19,27). The highest BCUT2D eigenvalue weighted by Gasteiger charge is 2.43. The fraction of sp³-hybridized carbons (Fsp3) is 0.688. The Kier molecular flexibility index (Phi) is 6.56. The van der Waals surface area contributed by atoms with E-state index >= 15 is 0 Å². The van der Waals surface area contributed by atoms with Crippen LogP contribution in [0.1, 0.15) is 26.2 Å². The minimum Gasteiger partial charge on any atom is -0.391 e. The zero-order valence-corrected chi connectivity index (χ0v) is 15.4. The molecule has 0 aromatic rings. The van der Waals surface area contributed by atoms with Crippen molar-refractivity contribution in [3.05, 3.63) is 0 Å². The van der Waals surface area contributed by atoms with E-state index in [-0.39, 0.29) is 25.9 Å². The highest BCUT2D eigenvalue weighted by Crippen LogP contribution is 2.21. The molecule has 0 radical (unpaired) electrons. The summed E-state index contributed by atoms with van der Waals surface area (Å²) < 4.78 is 0. The summed E-state index contributed by atoms with van der Waals surface area (Å²) in [4.78, 5) is 62.2. The van der Waals surface area contributed by atoms with Gasteiger partial charge in [-0.2, -0.15) is 0 Å². The molecule has 0 spiro atoms. The van der Waals surface area contributed by atoms with Gasteiger partial charge in [0.15, 0.2) is 0 Å². The lowest BCUT2D eigenvalue weighted by Crippen LogP contribution is -2.56. The molecule has 2 aliphatic rings. The first-order valence-electron chi connectivity index (χ1n) is 8.83. The number of aliphatic hydroxyl groups excluding tert-OH is 2. The van der Waals surface area contributed by atoms with E-state index in [1.54, 1.807) is 0 Å². The molecule has 0 aromatic carbocycles. The van der Waals surface area contributed by atoms with E-state index in [0.717, 1.165) is 9.80 Å².